The molecule has 1 aliphatic heterocycles. The predicted octanol–water partition coefficient (Wildman–Crippen LogP) is 1.28. The summed E-state index contributed by atoms with van der Waals surface area (Å²) in [6.07, 6.45) is 1.85. The first-order valence-electron chi connectivity index (χ1n) is 7.62. The van der Waals surface area contributed by atoms with Crippen LogP contribution in [0, 0.1) is 5.82 Å². The average Bonchev–Trinajstić information content (AvgIpc) is 3.05. The summed E-state index contributed by atoms with van der Waals surface area (Å²) in [4.78, 5) is 25.7. The van der Waals surface area contributed by atoms with E-state index in [-0.39, 0.29) is 30.3 Å². The zero-order valence-electron chi connectivity index (χ0n) is 13.2. The molecule has 1 aromatic heterocycles. The Kier molecular flexibility index (Phi) is 4.50. The number of halogens is 1. The number of rotatable bonds is 5. The van der Waals surface area contributed by atoms with E-state index in [1.165, 1.54) is 24.3 Å². The van der Waals surface area contributed by atoms with Gasteiger partial charge < -0.3 is 19.5 Å². The molecule has 0 fully saturated rings. The number of benzene rings is 1. The van der Waals surface area contributed by atoms with Crippen molar-refractivity contribution in [1.82, 2.24) is 14.8 Å². The van der Waals surface area contributed by atoms with Crippen molar-refractivity contribution in [2.75, 3.05) is 20.2 Å². The number of amides is 2. The minimum absolute atomic E-state index is 0.0620. The average molecular weight is 331 g/mol. The van der Waals surface area contributed by atoms with E-state index in [0.717, 1.165) is 0 Å². The van der Waals surface area contributed by atoms with E-state index >= 15 is 0 Å². The summed E-state index contributed by atoms with van der Waals surface area (Å²) < 4.78 is 20.0. The van der Waals surface area contributed by atoms with Gasteiger partial charge in [-0.1, -0.05) is 0 Å². The number of nitrogens with zero attached hydrogens (tertiary/aromatic N) is 2. The van der Waals surface area contributed by atoms with Gasteiger partial charge in [0.2, 0.25) is 0 Å². The van der Waals surface area contributed by atoms with Gasteiger partial charge >= 0.3 is 0 Å². The molecule has 1 atom stereocenters. The van der Waals surface area contributed by atoms with Gasteiger partial charge in [0.25, 0.3) is 11.8 Å². The lowest BCUT2D eigenvalue weighted by atomic mass is 10.1. The van der Waals surface area contributed by atoms with Crippen molar-refractivity contribution in [3.63, 3.8) is 0 Å². The molecule has 1 unspecified atom stereocenters. The van der Waals surface area contributed by atoms with E-state index in [2.05, 4.69) is 5.32 Å². The van der Waals surface area contributed by atoms with Crippen molar-refractivity contribution in [3.8, 4) is 5.75 Å². The second-order valence-corrected chi connectivity index (χ2v) is 5.66. The molecule has 0 bridgehead atoms. The molecule has 24 heavy (non-hydrogen) atoms. The van der Waals surface area contributed by atoms with Gasteiger partial charge in [0.05, 0.1) is 6.04 Å². The Labute approximate surface area is 138 Å². The van der Waals surface area contributed by atoms with E-state index in [1.807, 2.05) is 16.8 Å². The molecule has 1 aliphatic rings. The number of ether oxygens (including phenoxy) is 1. The number of hydrogen-bond donors (Lipinski definition) is 1. The Morgan fingerprint density at radius 1 is 1.33 bits per heavy atom. The molecule has 2 heterocycles. The summed E-state index contributed by atoms with van der Waals surface area (Å²) in [6.45, 7) is 0.805. The quantitative estimate of drug-likeness (QED) is 0.898. The van der Waals surface area contributed by atoms with Gasteiger partial charge in [-0.05, 0) is 36.4 Å². The van der Waals surface area contributed by atoms with Crippen LogP contribution in [0.15, 0.2) is 42.6 Å². The fourth-order valence-corrected chi connectivity index (χ4v) is 2.63. The van der Waals surface area contributed by atoms with Crippen LogP contribution in [0.2, 0.25) is 0 Å². The Hall–Kier alpha value is -2.83. The summed E-state index contributed by atoms with van der Waals surface area (Å²) in [6, 6.07) is 8.96. The minimum Gasteiger partial charge on any atom is -0.484 e. The topological polar surface area (TPSA) is 63.6 Å². The zero-order chi connectivity index (χ0) is 17.1. The molecule has 0 aliphatic carbocycles. The Balaban J connectivity index is 1.49. The number of nitrogens with one attached hydrogen (secondary N) is 1. The number of carbonyl (C=O) groups excluding carboxylic acids is 2. The lowest BCUT2D eigenvalue weighted by molar-refractivity contribution is -0.123. The van der Waals surface area contributed by atoms with Gasteiger partial charge in [-0.15, -0.1) is 0 Å². The SMILES string of the molecule is CN1C(=O)c2cccn2CC1CNC(=O)COc1ccc(F)cc1. The highest BCUT2D eigenvalue weighted by molar-refractivity contribution is 5.93. The molecule has 6 nitrogen and oxygen atoms in total. The summed E-state index contributed by atoms with van der Waals surface area (Å²) in [5.41, 5.74) is 0.653. The molecule has 0 saturated heterocycles. The second kappa shape index (κ2) is 6.74. The van der Waals surface area contributed by atoms with E-state index < -0.39 is 0 Å². The van der Waals surface area contributed by atoms with E-state index in [1.54, 1.807) is 18.0 Å². The molecule has 126 valence electrons. The largest absolute Gasteiger partial charge is 0.484 e. The molecule has 7 heteroatoms. The van der Waals surface area contributed by atoms with E-state index in [0.29, 0.717) is 24.5 Å². The van der Waals surface area contributed by atoms with E-state index in [9.17, 15) is 14.0 Å². The maximum absolute atomic E-state index is 12.8. The van der Waals surface area contributed by atoms with Crippen molar-refractivity contribution in [2.45, 2.75) is 12.6 Å². The number of fused-ring (bicyclic) bond motifs is 1. The van der Waals surface area contributed by atoms with Crippen molar-refractivity contribution >= 4 is 11.8 Å². The molecule has 0 saturated carbocycles. The van der Waals surface area contributed by atoms with Crippen molar-refractivity contribution < 1.29 is 18.7 Å². The smallest absolute Gasteiger partial charge is 0.270 e. The third kappa shape index (κ3) is 3.40. The van der Waals surface area contributed by atoms with Crippen LogP contribution in [0.5, 0.6) is 5.75 Å². The van der Waals surface area contributed by atoms with Gasteiger partial charge in [0.1, 0.15) is 17.3 Å². The molecule has 2 amide bonds. The van der Waals surface area contributed by atoms with Gasteiger partial charge in [0, 0.05) is 26.3 Å². The third-order valence-corrected chi connectivity index (χ3v) is 4.04. The number of aromatic nitrogens is 1. The summed E-state index contributed by atoms with van der Waals surface area (Å²) in [5.74, 6) is -0.291. The molecular formula is C17H18FN3O3. The van der Waals surface area contributed by atoms with Crippen LogP contribution in [0.25, 0.3) is 0 Å². The number of carbonyl (C=O) groups is 2. The second-order valence-electron chi connectivity index (χ2n) is 5.66. The highest BCUT2D eigenvalue weighted by Gasteiger charge is 2.29. The lowest BCUT2D eigenvalue weighted by Gasteiger charge is -2.33. The highest BCUT2D eigenvalue weighted by atomic mass is 19.1. The standard InChI is InChI=1S/C17H18FN3O3/c1-20-13(10-21-8-2-3-15(21)17(20)23)9-19-16(22)11-24-14-6-4-12(18)5-7-14/h2-8,13H,9-11H2,1H3,(H,19,22). The van der Waals surface area contributed by atoms with Crippen molar-refractivity contribution in [1.29, 1.82) is 0 Å². The van der Waals surface area contributed by atoms with Crippen LogP contribution in [0.4, 0.5) is 4.39 Å². The van der Waals surface area contributed by atoms with Gasteiger partial charge in [0.15, 0.2) is 6.61 Å². The molecule has 3 rings (SSSR count). The van der Waals surface area contributed by atoms with Crippen molar-refractivity contribution in [3.05, 3.63) is 54.1 Å². The predicted molar refractivity (Wildman–Crippen MR) is 85.2 cm³/mol. The van der Waals surface area contributed by atoms with Crippen LogP contribution in [0.1, 0.15) is 10.5 Å². The van der Waals surface area contributed by atoms with Crippen LogP contribution in [-0.2, 0) is 11.3 Å². The first-order chi connectivity index (χ1) is 11.5. The Morgan fingerprint density at radius 3 is 2.83 bits per heavy atom. The third-order valence-electron chi connectivity index (χ3n) is 4.04. The summed E-state index contributed by atoms with van der Waals surface area (Å²) >= 11 is 0. The molecule has 1 N–H and O–H groups in total. The lowest BCUT2D eigenvalue weighted by Crippen LogP contribution is -2.51. The minimum atomic E-state index is -0.360. The monoisotopic (exact) mass is 331 g/mol. The summed E-state index contributed by atoms with van der Waals surface area (Å²) in [7, 11) is 1.73. The van der Waals surface area contributed by atoms with Crippen LogP contribution in [-0.4, -0.2) is 47.5 Å². The maximum Gasteiger partial charge on any atom is 0.270 e. The first kappa shape index (κ1) is 16.0. The fraction of sp³-hybridized carbons (Fsp3) is 0.294. The zero-order valence-corrected chi connectivity index (χ0v) is 13.2. The fourth-order valence-electron chi connectivity index (χ4n) is 2.63. The van der Waals surface area contributed by atoms with Gasteiger partial charge in [-0.25, -0.2) is 4.39 Å². The summed E-state index contributed by atoms with van der Waals surface area (Å²) in [5, 5.41) is 2.76. The highest BCUT2D eigenvalue weighted by Crippen LogP contribution is 2.16. The molecule has 0 spiro atoms. The Bertz CT molecular complexity index is 742. The van der Waals surface area contributed by atoms with Crippen LogP contribution < -0.4 is 10.1 Å². The first-order valence-corrected chi connectivity index (χ1v) is 7.62. The van der Waals surface area contributed by atoms with E-state index in [4.69, 9.17) is 4.74 Å². The van der Waals surface area contributed by atoms with Crippen LogP contribution >= 0.6 is 0 Å². The molecule has 1 aromatic carbocycles. The molecule has 2 aromatic rings. The molecule has 0 radical (unpaired) electrons. The molecular weight excluding hydrogens is 313 g/mol. The Morgan fingerprint density at radius 2 is 2.08 bits per heavy atom. The van der Waals surface area contributed by atoms with Crippen molar-refractivity contribution in [2.24, 2.45) is 0 Å². The van der Waals surface area contributed by atoms with Crippen LogP contribution in [0.3, 0.4) is 0 Å². The number of likely N-dealkylation sites (N-methyl/N-ethyl adjacent to an activating group) is 1. The van der Waals surface area contributed by atoms with Gasteiger partial charge in [-0.3, -0.25) is 9.59 Å². The van der Waals surface area contributed by atoms with Gasteiger partial charge in [-0.2, -0.15) is 0 Å². The maximum atomic E-state index is 12.8. The number of hydrogen-bond acceptors (Lipinski definition) is 3. The normalized spacial score (nSPS) is 16.7.